The molecule has 3 N–H and O–H groups in total. The lowest BCUT2D eigenvalue weighted by molar-refractivity contribution is 0.0306. The first-order valence-corrected chi connectivity index (χ1v) is 11.5. The third-order valence-corrected chi connectivity index (χ3v) is 6.11. The van der Waals surface area contributed by atoms with Gasteiger partial charge in [0, 0.05) is 13.1 Å². The third-order valence-electron chi connectivity index (χ3n) is 4.29. The second kappa shape index (κ2) is 14.2. The van der Waals surface area contributed by atoms with Crippen molar-refractivity contribution in [3.63, 3.8) is 0 Å². The van der Waals surface area contributed by atoms with E-state index < -0.39 is 15.4 Å². The van der Waals surface area contributed by atoms with Crippen LogP contribution in [0.25, 0.3) is 0 Å². The second-order valence-electron chi connectivity index (χ2n) is 6.83. The zero-order valence-electron chi connectivity index (χ0n) is 17.3. The fourth-order valence-electron chi connectivity index (χ4n) is 3.00. The standard InChI is InChI=1S/C20H35N3O3S.HI/c1-4-13-20(24,14-5-2)17-23-19(21-6-3)22-15-10-16-27(25,26)18-11-8-7-9-12-18;/h7-9,11-12,24H,4-6,10,13-17H2,1-3H3,(H2,21,22,23);1H. The van der Waals surface area contributed by atoms with Crippen molar-refractivity contribution >= 4 is 39.8 Å². The van der Waals surface area contributed by atoms with Crippen molar-refractivity contribution in [1.82, 2.24) is 10.6 Å². The molecule has 1 aromatic rings. The van der Waals surface area contributed by atoms with Gasteiger partial charge in [-0.25, -0.2) is 8.42 Å². The van der Waals surface area contributed by atoms with Crippen LogP contribution in [0.5, 0.6) is 0 Å². The summed E-state index contributed by atoms with van der Waals surface area (Å²) < 4.78 is 24.6. The number of guanidine groups is 1. The molecule has 0 unspecified atom stereocenters. The number of rotatable bonds is 12. The third kappa shape index (κ3) is 10.1. The van der Waals surface area contributed by atoms with Crippen molar-refractivity contribution in [3.05, 3.63) is 30.3 Å². The maximum atomic E-state index is 12.3. The van der Waals surface area contributed by atoms with Crippen molar-refractivity contribution in [1.29, 1.82) is 0 Å². The quantitative estimate of drug-likeness (QED) is 0.169. The molecule has 0 saturated carbocycles. The Hall–Kier alpha value is -0.870. The van der Waals surface area contributed by atoms with Crippen LogP contribution in [0.1, 0.15) is 52.9 Å². The van der Waals surface area contributed by atoms with Gasteiger partial charge in [-0.2, -0.15) is 0 Å². The van der Waals surface area contributed by atoms with Gasteiger partial charge in [0.15, 0.2) is 15.8 Å². The minimum atomic E-state index is -3.26. The van der Waals surface area contributed by atoms with Gasteiger partial charge in [-0.05, 0) is 38.3 Å². The normalized spacial score (nSPS) is 12.4. The van der Waals surface area contributed by atoms with Gasteiger partial charge in [0.25, 0.3) is 0 Å². The predicted octanol–water partition coefficient (Wildman–Crippen LogP) is 3.35. The molecule has 162 valence electrons. The number of nitrogens with zero attached hydrogens (tertiary/aromatic N) is 1. The van der Waals surface area contributed by atoms with Crippen molar-refractivity contribution in [2.45, 2.75) is 63.4 Å². The molecule has 6 nitrogen and oxygen atoms in total. The number of hydrogen-bond acceptors (Lipinski definition) is 4. The molecule has 1 rings (SSSR count). The van der Waals surface area contributed by atoms with Gasteiger partial charge < -0.3 is 15.7 Å². The SMILES string of the molecule is CCCC(O)(CCC)CN=C(NCC)NCCCS(=O)(=O)c1ccccc1.I. The predicted molar refractivity (Wildman–Crippen MR) is 127 cm³/mol. The number of nitrogens with one attached hydrogen (secondary N) is 2. The molecule has 0 aromatic heterocycles. The van der Waals surface area contributed by atoms with Crippen molar-refractivity contribution in [2.24, 2.45) is 4.99 Å². The lowest BCUT2D eigenvalue weighted by Gasteiger charge is -2.26. The van der Waals surface area contributed by atoms with Crippen LogP contribution in [0.3, 0.4) is 0 Å². The number of benzene rings is 1. The summed E-state index contributed by atoms with van der Waals surface area (Å²) >= 11 is 0. The molecule has 8 heteroatoms. The number of sulfone groups is 1. The van der Waals surface area contributed by atoms with Gasteiger partial charge in [0.2, 0.25) is 0 Å². The summed E-state index contributed by atoms with van der Waals surface area (Å²) in [4.78, 5) is 4.87. The van der Waals surface area contributed by atoms with Gasteiger partial charge in [-0.15, -0.1) is 24.0 Å². The van der Waals surface area contributed by atoms with Crippen LogP contribution in [0.4, 0.5) is 0 Å². The first-order valence-electron chi connectivity index (χ1n) is 9.89. The smallest absolute Gasteiger partial charge is 0.191 e. The average molecular weight is 525 g/mol. The van der Waals surface area contributed by atoms with Crippen LogP contribution in [-0.4, -0.2) is 50.5 Å². The zero-order valence-corrected chi connectivity index (χ0v) is 20.4. The summed E-state index contributed by atoms with van der Waals surface area (Å²) in [6, 6.07) is 8.51. The van der Waals surface area contributed by atoms with E-state index >= 15 is 0 Å². The Morgan fingerprint density at radius 1 is 1.07 bits per heavy atom. The number of aliphatic hydroxyl groups is 1. The van der Waals surface area contributed by atoms with Gasteiger partial charge in [0.1, 0.15) is 0 Å². The molecule has 0 radical (unpaired) electrons. The lowest BCUT2D eigenvalue weighted by atomic mass is 9.93. The van der Waals surface area contributed by atoms with Crippen molar-refractivity contribution < 1.29 is 13.5 Å². The molecule has 0 spiro atoms. The van der Waals surface area contributed by atoms with Gasteiger partial charge in [0.05, 0.1) is 22.8 Å². The largest absolute Gasteiger partial charge is 0.388 e. The molecule has 0 aliphatic rings. The summed E-state index contributed by atoms with van der Waals surface area (Å²) in [5.74, 6) is 0.694. The van der Waals surface area contributed by atoms with Crippen molar-refractivity contribution in [3.8, 4) is 0 Å². The van der Waals surface area contributed by atoms with Crippen LogP contribution in [0.2, 0.25) is 0 Å². The highest BCUT2D eigenvalue weighted by Crippen LogP contribution is 2.19. The first kappa shape index (κ1) is 27.1. The van der Waals surface area contributed by atoms with Crippen molar-refractivity contribution in [2.75, 3.05) is 25.4 Å². The van der Waals surface area contributed by atoms with E-state index in [1.165, 1.54) is 0 Å². The highest BCUT2D eigenvalue weighted by atomic mass is 127. The van der Waals surface area contributed by atoms with E-state index in [-0.39, 0.29) is 29.7 Å². The monoisotopic (exact) mass is 525 g/mol. The molecule has 0 atom stereocenters. The summed E-state index contributed by atoms with van der Waals surface area (Å²) in [7, 11) is -3.26. The Labute approximate surface area is 187 Å². The van der Waals surface area contributed by atoms with Gasteiger partial charge in [-0.3, -0.25) is 4.99 Å². The van der Waals surface area contributed by atoms with Gasteiger partial charge >= 0.3 is 0 Å². The second-order valence-corrected chi connectivity index (χ2v) is 8.94. The fourth-order valence-corrected chi connectivity index (χ4v) is 4.33. The highest BCUT2D eigenvalue weighted by Gasteiger charge is 2.24. The molecule has 0 aliphatic carbocycles. The number of aliphatic imine (C=N–C) groups is 1. The molecule has 1 aromatic carbocycles. The molecular formula is C20H36IN3O3S. The molecule has 0 bridgehead atoms. The summed E-state index contributed by atoms with van der Waals surface area (Å²) in [6.07, 6.45) is 3.74. The van der Waals surface area contributed by atoms with E-state index in [2.05, 4.69) is 29.5 Å². The molecule has 0 heterocycles. The Morgan fingerprint density at radius 2 is 1.68 bits per heavy atom. The Morgan fingerprint density at radius 3 is 2.21 bits per heavy atom. The van der Waals surface area contributed by atoms with Crippen LogP contribution in [0, 0.1) is 0 Å². The minimum Gasteiger partial charge on any atom is -0.388 e. The Balaban J connectivity index is 0.00000729. The minimum absolute atomic E-state index is 0. The maximum Gasteiger partial charge on any atom is 0.191 e. The van der Waals surface area contributed by atoms with E-state index in [9.17, 15) is 13.5 Å². The van der Waals surface area contributed by atoms with Gasteiger partial charge in [-0.1, -0.05) is 44.9 Å². The van der Waals surface area contributed by atoms with Crippen LogP contribution in [0.15, 0.2) is 40.2 Å². The van der Waals surface area contributed by atoms with E-state index in [0.717, 1.165) is 25.7 Å². The highest BCUT2D eigenvalue weighted by molar-refractivity contribution is 14.0. The molecule has 0 amide bonds. The van der Waals surface area contributed by atoms with Crippen LogP contribution in [-0.2, 0) is 9.84 Å². The molecule has 0 saturated heterocycles. The first-order chi connectivity index (χ1) is 12.9. The lowest BCUT2D eigenvalue weighted by Crippen LogP contribution is -2.40. The average Bonchev–Trinajstić information content (AvgIpc) is 2.64. The van der Waals surface area contributed by atoms with E-state index in [1.807, 2.05) is 6.92 Å². The summed E-state index contributed by atoms with van der Waals surface area (Å²) in [5.41, 5.74) is -0.775. The van der Waals surface area contributed by atoms with E-state index in [1.54, 1.807) is 30.3 Å². The Bertz CT molecular complexity index is 661. The zero-order chi connectivity index (χ0) is 20.2. The van der Waals surface area contributed by atoms with E-state index in [4.69, 9.17) is 0 Å². The maximum absolute atomic E-state index is 12.3. The van der Waals surface area contributed by atoms with Crippen LogP contribution >= 0.6 is 24.0 Å². The molecule has 0 aliphatic heterocycles. The Kier molecular flexibility index (Phi) is 13.7. The summed E-state index contributed by atoms with van der Waals surface area (Å²) in [5, 5.41) is 17.0. The van der Waals surface area contributed by atoms with E-state index in [0.29, 0.717) is 36.9 Å². The molecular weight excluding hydrogens is 489 g/mol. The molecule has 28 heavy (non-hydrogen) atoms. The summed E-state index contributed by atoms with van der Waals surface area (Å²) in [6.45, 7) is 7.63. The van der Waals surface area contributed by atoms with Crippen LogP contribution < -0.4 is 10.6 Å². The number of hydrogen-bond donors (Lipinski definition) is 3. The number of halogens is 1. The molecule has 0 fully saturated rings. The topological polar surface area (TPSA) is 90.8 Å². The fraction of sp³-hybridized carbons (Fsp3) is 0.650.